The van der Waals surface area contributed by atoms with Crippen molar-refractivity contribution in [2.75, 3.05) is 11.5 Å². The Labute approximate surface area is 114 Å². The number of benzene rings is 1. The van der Waals surface area contributed by atoms with Crippen LogP contribution < -0.4 is 11.5 Å². The molecule has 2 aromatic heterocycles. The van der Waals surface area contributed by atoms with E-state index in [1.165, 1.54) is 6.33 Å². The Balaban J connectivity index is 2.37. The van der Waals surface area contributed by atoms with Gasteiger partial charge in [-0.3, -0.25) is 0 Å². The smallest absolute Gasteiger partial charge is 0.163 e. The normalized spacial score (nSPS) is 11.1. The van der Waals surface area contributed by atoms with Crippen molar-refractivity contribution in [3.05, 3.63) is 29.5 Å². The third kappa shape index (κ3) is 1.77. The SMILES string of the molecule is Cn1nc(-c2ccc(N)cc2Cl)c2c(N)ncnc21. The number of nitrogens with two attached hydrogens (primary N) is 2. The van der Waals surface area contributed by atoms with Crippen molar-refractivity contribution in [1.82, 2.24) is 19.7 Å². The Morgan fingerprint density at radius 1 is 1.21 bits per heavy atom. The minimum Gasteiger partial charge on any atom is -0.399 e. The molecule has 19 heavy (non-hydrogen) atoms. The van der Waals surface area contributed by atoms with Gasteiger partial charge in [-0.05, 0) is 18.2 Å². The molecule has 0 saturated carbocycles. The van der Waals surface area contributed by atoms with E-state index in [-0.39, 0.29) is 0 Å². The van der Waals surface area contributed by atoms with Gasteiger partial charge in [0.2, 0.25) is 0 Å². The summed E-state index contributed by atoms with van der Waals surface area (Å²) >= 11 is 6.22. The summed E-state index contributed by atoms with van der Waals surface area (Å²) in [5, 5.41) is 5.63. The van der Waals surface area contributed by atoms with Gasteiger partial charge in [-0.25, -0.2) is 14.6 Å². The maximum atomic E-state index is 6.22. The highest BCUT2D eigenvalue weighted by Crippen LogP contribution is 2.34. The molecular formula is C12H11ClN6. The first-order valence-corrected chi connectivity index (χ1v) is 5.94. The summed E-state index contributed by atoms with van der Waals surface area (Å²) in [6.45, 7) is 0. The standard InChI is InChI=1S/C12H11ClN6/c1-19-12-9(11(15)16-5-17-12)10(18-19)7-3-2-6(14)4-8(7)13/h2-5H,14H2,1H3,(H2,15,16,17). The van der Waals surface area contributed by atoms with Crippen LogP contribution in [0.1, 0.15) is 0 Å². The van der Waals surface area contributed by atoms with Crippen molar-refractivity contribution < 1.29 is 0 Å². The first-order valence-electron chi connectivity index (χ1n) is 5.56. The van der Waals surface area contributed by atoms with Crippen molar-refractivity contribution in [2.45, 2.75) is 0 Å². The van der Waals surface area contributed by atoms with Crippen molar-refractivity contribution in [3.8, 4) is 11.3 Å². The Kier molecular flexibility index (Phi) is 2.53. The summed E-state index contributed by atoms with van der Waals surface area (Å²) in [6.07, 6.45) is 1.41. The van der Waals surface area contributed by atoms with E-state index in [1.54, 1.807) is 23.9 Å². The second-order valence-electron chi connectivity index (χ2n) is 4.17. The van der Waals surface area contributed by atoms with Gasteiger partial charge in [0, 0.05) is 18.3 Å². The van der Waals surface area contributed by atoms with Crippen LogP contribution in [-0.2, 0) is 7.05 Å². The second-order valence-corrected chi connectivity index (χ2v) is 4.58. The van der Waals surface area contributed by atoms with E-state index in [2.05, 4.69) is 15.1 Å². The van der Waals surface area contributed by atoms with E-state index in [0.29, 0.717) is 33.3 Å². The van der Waals surface area contributed by atoms with Crippen LogP contribution in [-0.4, -0.2) is 19.7 Å². The third-order valence-electron chi connectivity index (χ3n) is 2.90. The van der Waals surface area contributed by atoms with E-state index in [1.807, 2.05) is 6.07 Å². The van der Waals surface area contributed by atoms with Crippen LogP contribution in [0.3, 0.4) is 0 Å². The van der Waals surface area contributed by atoms with E-state index < -0.39 is 0 Å². The molecule has 0 radical (unpaired) electrons. The van der Waals surface area contributed by atoms with Crippen LogP contribution in [0.2, 0.25) is 5.02 Å². The van der Waals surface area contributed by atoms with E-state index in [0.717, 1.165) is 5.56 Å². The van der Waals surface area contributed by atoms with Crippen molar-refractivity contribution in [3.63, 3.8) is 0 Å². The van der Waals surface area contributed by atoms with Gasteiger partial charge >= 0.3 is 0 Å². The second kappa shape index (κ2) is 4.10. The third-order valence-corrected chi connectivity index (χ3v) is 3.21. The monoisotopic (exact) mass is 274 g/mol. The zero-order chi connectivity index (χ0) is 13.6. The number of halogens is 1. The fourth-order valence-corrected chi connectivity index (χ4v) is 2.30. The predicted molar refractivity (Wildman–Crippen MR) is 75.6 cm³/mol. The molecule has 0 aliphatic heterocycles. The average Bonchev–Trinajstić information content (AvgIpc) is 2.68. The van der Waals surface area contributed by atoms with Crippen LogP contribution >= 0.6 is 11.6 Å². The lowest BCUT2D eigenvalue weighted by Gasteiger charge is -2.03. The molecule has 3 aromatic rings. The van der Waals surface area contributed by atoms with Crippen LogP contribution in [0.4, 0.5) is 11.5 Å². The Morgan fingerprint density at radius 2 is 2.00 bits per heavy atom. The zero-order valence-electron chi connectivity index (χ0n) is 10.1. The molecule has 0 atom stereocenters. The highest BCUT2D eigenvalue weighted by Gasteiger charge is 2.17. The Morgan fingerprint density at radius 3 is 2.74 bits per heavy atom. The molecule has 2 heterocycles. The number of hydrogen-bond acceptors (Lipinski definition) is 5. The van der Waals surface area contributed by atoms with E-state index >= 15 is 0 Å². The molecule has 1 aromatic carbocycles. The van der Waals surface area contributed by atoms with Crippen LogP contribution in [0.15, 0.2) is 24.5 Å². The molecule has 96 valence electrons. The fourth-order valence-electron chi connectivity index (χ4n) is 2.02. The summed E-state index contributed by atoms with van der Waals surface area (Å²) in [7, 11) is 1.80. The largest absolute Gasteiger partial charge is 0.399 e. The summed E-state index contributed by atoms with van der Waals surface area (Å²) in [5.41, 5.74) is 14.3. The topological polar surface area (TPSA) is 95.6 Å². The number of rotatable bonds is 1. The summed E-state index contributed by atoms with van der Waals surface area (Å²) < 4.78 is 1.65. The van der Waals surface area contributed by atoms with Gasteiger partial charge in [0.25, 0.3) is 0 Å². The van der Waals surface area contributed by atoms with Gasteiger partial charge in [0.15, 0.2) is 5.65 Å². The number of nitrogen functional groups attached to an aromatic ring is 2. The lowest BCUT2D eigenvalue weighted by atomic mass is 10.1. The molecule has 0 saturated heterocycles. The number of aryl methyl sites for hydroxylation is 1. The lowest BCUT2D eigenvalue weighted by Crippen LogP contribution is -1.95. The molecule has 6 nitrogen and oxygen atoms in total. The van der Waals surface area contributed by atoms with E-state index in [9.17, 15) is 0 Å². The Hall–Kier alpha value is -2.34. The van der Waals surface area contributed by atoms with Gasteiger partial charge in [-0.1, -0.05) is 11.6 Å². The van der Waals surface area contributed by atoms with Crippen LogP contribution in [0.5, 0.6) is 0 Å². The van der Waals surface area contributed by atoms with Gasteiger partial charge in [0.05, 0.1) is 10.4 Å². The summed E-state index contributed by atoms with van der Waals surface area (Å²) in [4.78, 5) is 8.18. The zero-order valence-corrected chi connectivity index (χ0v) is 10.9. The first kappa shape index (κ1) is 11.7. The molecule has 0 fully saturated rings. The van der Waals surface area contributed by atoms with E-state index in [4.69, 9.17) is 23.1 Å². The van der Waals surface area contributed by atoms with Crippen molar-refractivity contribution >= 4 is 34.1 Å². The van der Waals surface area contributed by atoms with Crippen LogP contribution in [0, 0.1) is 0 Å². The first-order chi connectivity index (χ1) is 9.08. The predicted octanol–water partition coefficient (Wildman–Crippen LogP) is 1.85. The maximum absolute atomic E-state index is 6.22. The molecule has 0 unspecified atom stereocenters. The maximum Gasteiger partial charge on any atom is 0.163 e. The van der Waals surface area contributed by atoms with Gasteiger partial charge in [-0.15, -0.1) is 0 Å². The molecule has 0 amide bonds. The highest BCUT2D eigenvalue weighted by molar-refractivity contribution is 6.34. The number of aromatic nitrogens is 4. The highest BCUT2D eigenvalue weighted by atomic mass is 35.5. The van der Waals surface area contributed by atoms with Crippen molar-refractivity contribution in [2.24, 2.45) is 7.05 Å². The molecule has 3 rings (SSSR count). The quantitative estimate of drug-likeness (QED) is 0.660. The molecule has 4 N–H and O–H groups in total. The molecular weight excluding hydrogens is 264 g/mol. The van der Waals surface area contributed by atoms with Crippen LogP contribution in [0.25, 0.3) is 22.3 Å². The average molecular weight is 275 g/mol. The molecule has 0 aliphatic rings. The van der Waals surface area contributed by atoms with Crippen molar-refractivity contribution in [1.29, 1.82) is 0 Å². The minimum absolute atomic E-state index is 0.376. The molecule has 7 heteroatoms. The van der Waals surface area contributed by atoms with Gasteiger partial charge in [-0.2, -0.15) is 5.10 Å². The van der Waals surface area contributed by atoms with Gasteiger partial charge in [0.1, 0.15) is 17.8 Å². The molecule has 0 bridgehead atoms. The lowest BCUT2D eigenvalue weighted by molar-refractivity contribution is 0.789. The number of hydrogen-bond donors (Lipinski definition) is 2. The van der Waals surface area contributed by atoms with Gasteiger partial charge < -0.3 is 11.5 Å². The molecule has 0 aliphatic carbocycles. The fraction of sp³-hybridized carbons (Fsp3) is 0.0833. The number of nitrogens with zero attached hydrogens (tertiary/aromatic N) is 4. The summed E-state index contributed by atoms with van der Waals surface area (Å²) in [5.74, 6) is 0.376. The number of fused-ring (bicyclic) bond motifs is 1. The Bertz CT molecular complexity index is 779. The molecule has 0 spiro atoms. The number of anilines is 2. The summed E-state index contributed by atoms with van der Waals surface area (Å²) in [6, 6.07) is 5.25. The minimum atomic E-state index is 0.376.